The van der Waals surface area contributed by atoms with Gasteiger partial charge in [0.1, 0.15) is 0 Å². The van der Waals surface area contributed by atoms with Crippen molar-refractivity contribution in [2.24, 2.45) is 0 Å². The van der Waals surface area contributed by atoms with E-state index in [0.717, 1.165) is 17.5 Å². The molecule has 3 aromatic heterocycles. The molecule has 1 aliphatic rings. The number of hydrogen-bond donors (Lipinski definition) is 0. The molecule has 0 bridgehead atoms. The fraction of sp³-hybridized carbons (Fsp3) is 0.143. The van der Waals surface area contributed by atoms with Gasteiger partial charge in [-0.05, 0) is 41.6 Å². The SMILES string of the molecule is Cc1c2c(nc3cccnc13)-c1ccsc1C2. The van der Waals surface area contributed by atoms with Crippen LogP contribution in [0.2, 0.25) is 0 Å². The topological polar surface area (TPSA) is 25.8 Å². The zero-order valence-corrected chi connectivity index (χ0v) is 10.2. The highest BCUT2D eigenvalue weighted by Gasteiger charge is 2.24. The van der Waals surface area contributed by atoms with Crippen LogP contribution in [0.5, 0.6) is 0 Å². The summed E-state index contributed by atoms with van der Waals surface area (Å²) in [5, 5.41) is 2.15. The van der Waals surface area contributed by atoms with E-state index >= 15 is 0 Å². The van der Waals surface area contributed by atoms with Crippen LogP contribution in [0.15, 0.2) is 29.8 Å². The lowest BCUT2D eigenvalue weighted by atomic mass is 10.1. The standard InChI is InChI=1S/C14H10N2S/c1-8-10-7-12-9(4-6-17-12)14(10)16-11-3-2-5-15-13(8)11/h2-6H,7H2,1H3. The van der Waals surface area contributed by atoms with Crippen LogP contribution < -0.4 is 0 Å². The van der Waals surface area contributed by atoms with Gasteiger partial charge in [-0.15, -0.1) is 11.3 Å². The van der Waals surface area contributed by atoms with E-state index in [0.29, 0.717) is 0 Å². The number of pyridine rings is 2. The smallest absolute Gasteiger partial charge is 0.0919 e. The van der Waals surface area contributed by atoms with E-state index < -0.39 is 0 Å². The van der Waals surface area contributed by atoms with Gasteiger partial charge in [0.2, 0.25) is 0 Å². The predicted octanol–water partition coefficient (Wildman–Crippen LogP) is 3.57. The fourth-order valence-corrected chi connectivity index (χ4v) is 3.46. The Kier molecular flexibility index (Phi) is 1.72. The van der Waals surface area contributed by atoms with Crippen LogP contribution in [0, 0.1) is 6.92 Å². The van der Waals surface area contributed by atoms with Gasteiger partial charge in [0, 0.05) is 23.1 Å². The van der Waals surface area contributed by atoms with Crippen molar-refractivity contribution in [1.82, 2.24) is 9.97 Å². The molecule has 82 valence electrons. The molecule has 2 nitrogen and oxygen atoms in total. The van der Waals surface area contributed by atoms with Crippen molar-refractivity contribution in [2.75, 3.05) is 0 Å². The maximum absolute atomic E-state index is 4.77. The van der Waals surface area contributed by atoms with E-state index in [4.69, 9.17) is 4.98 Å². The molecule has 0 saturated heterocycles. The summed E-state index contributed by atoms with van der Waals surface area (Å²) in [6.07, 6.45) is 2.86. The maximum Gasteiger partial charge on any atom is 0.0919 e. The molecule has 0 fully saturated rings. The normalized spacial score (nSPS) is 12.8. The van der Waals surface area contributed by atoms with Crippen LogP contribution in [-0.2, 0) is 6.42 Å². The summed E-state index contributed by atoms with van der Waals surface area (Å²) in [5.41, 5.74) is 7.18. The third-order valence-electron chi connectivity index (χ3n) is 3.45. The second-order valence-electron chi connectivity index (χ2n) is 4.37. The third kappa shape index (κ3) is 1.15. The molecule has 4 rings (SSSR count). The molecule has 0 aliphatic heterocycles. The van der Waals surface area contributed by atoms with Crippen molar-refractivity contribution < 1.29 is 0 Å². The average Bonchev–Trinajstić information content (AvgIpc) is 2.91. The Balaban J connectivity index is 2.15. The molecule has 17 heavy (non-hydrogen) atoms. The van der Waals surface area contributed by atoms with E-state index in [-0.39, 0.29) is 0 Å². The second-order valence-corrected chi connectivity index (χ2v) is 5.37. The molecule has 0 unspecified atom stereocenters. The monoisotopic (exact) mass is 238 g/mol. The van der Waals surface area contributed by atoms with Crippen LogP contribution >= 0.6 is 11.3 Å². The van der Waals surface area contributed by atoms with Gasteiger partial charge in [-0.1, -0.05) is 0 Å². The average molecular weight is 238 g/mol. The number of thiophene rings is 1. The zero-order valence-electron chi connectivity index (χ0n) is 9.40. The van der Waals surface area contributed by atoms with Crippen molar-refractivity contribution in [1.29, 1.82) is 0 Å². The zero-order chi connectivity index (χ0) is 11.4. The Hall–Kier alpha value is -1.74. The molecule has 0 aromatic carbocycles. The van der Waals surface area contributed by atoms with Crippen molar-refractivity contribution in [2.45, 2.75) is 13.3 Å². The van der Waals surface area contributed by atoms with Crippen LogP contribution in [0.1, 0.15) is 16.0 Å². The molecular weight excluding hydrogens is 228 g/mol. The third-order valence-corrected chi connectivity index (χ3v) is 4.37. The number of hydrogen-bond acceptors (Lipinski definition) is 3. The van der Waals surface area contributed by atoms with Crippen molar-refractivity contribution in [3.05, 3.63) is 45.8 Å². The number of fused-ring (bicyclic) bond motifs is 4. The maximum atomic E-state index is 4.77. The molecule has 1 aliphatic carbocycles. The first-order chi connectivity index (χ1) is 8.34. The molecule has 3 heterocycles. The van der Waals surface area contributed by atoms with Crippen LogP contribution in [0.4, 0.5) is 0 Å². The highest BCUT2D eigenvalue weighted by Crippen LogP contribution is 2.41. The first-order valence-electron chi connectivity index (χ1n) is 5.65. The van der Waals surface area contributed by atoms with E-state index in [1.807, 2.05) is 29.7 Å². The Morgan fingerprint density at radius 2 is 2.24 bits per heavy atom. The minimum Gasteiger partial charge on any atom is -0.254 e. The van der Waals surface area contributed by atoms with Gasteiger partial charge >= 0.3 is 0 Å². The van der Waals surface area contributed by atoms with Crippen molar-refractivity contribution in [3.63, 3.8) is 0 Å². The molecule has 0 saturated carbocycles. The number of nitrogens with zero attached hydrogens (tertiary/aromatic N) is 2. The Bertz CT molecular complexity index is 743. The van der Waals surface area contributed by atoms with Gasteiger partial charge < -0.3 is 0 Å². The molecule has 0 spiro atoms. The van der Waals surface area contributed by atoms with Gasteiger partial charge in [-0.25, -0.2) is 4.98 Å². The molecule has 0 N–H and O–H groups in total. The molecule has 0 atom stereocenters. The van der Waals surface area contributed by atoms with Gasteiger partial charge in [0.15, 0.2) is 0 Å². The highest BCUT2D eigenvalue weighted by atomic mass is 32.1. The molecule has 3 aromatic rings. The number of rotatable bonds is 0. The van der Waals surface area contributed by atoms with Crippen LogP contribution in [-0.4, -0.2) is 9.97 Å². The Morgan fingerprint density at radius 1 is 1.29 bits per heavy atom. The first kappa shape index (κ1) is 9.31. The number of aryl methyl sites for hydroxylation is 1. The summed E-state index contributed by atoms with van der Waals surface area (Å²) in [4.78, 5) is 10.7. The first-order valence-corrected chi connectivity index (χ1v) is 6.53. The summed E-state index contributed by atoms with van der Waals surface area (Å²) >= 11 is 1.82. The predicted molar refractivity (Wildman–Crippen MR) is 70.4 cm³/mol. The lowest BCUT2D eigenvalue weighted by Gasteiger charge is -2.07. The summed E-state index contributed by atoms with van der Waals surface area (Å²) in [6, 6.07) is 6.17. The molecular formula is C14H10N2S. The van der Waals surface area contributed by atoms with Gasteiger partial charge in [0.25, 0.3) is 0 Å². The minimum atomic E-state index is 1.00. The summed E-state index contributed by atoms with van der Waals surface area (Å²) < 4.78 is 0. The largest absolute Gasteiger partial charge is 0.254 e. The fourth-order valence-electron chi connectivity index (χ4n) is 2.57. The van der Waals surface area contributed by atoms with E-state index in [2.05, 4.69) is 23.4 Å². The molecule has 0 radical (unpaired) electrons. The lowest BCUT2D eigenvalue weighted by Crippen LogP contribution is -1.94. The molecule has 0 amide bonds. The second kappa shape index (κ2) is 3.14. The Labute approximate surface area is 103 Å². The van der Waals surface area contributed by atoms with E-state index in [1.54, 1.807) is 0 Å². The highest BCUT2D eigenvalue weighted by molar-refractivity contribution is 7.10. The summed E-state index contributed by atoms with van der Waals surface area (Å²) in [6.45, 7) is 2.16. The van der Waals surface area contributed by atoms with Gasteiger partial charge in [-0.2, -0.15) is 0 Å². The van der Waals surface area contributed by atoms with E-state index in [1.165, 1.54) is 27.3 Å². The summed E-state index contributed by atoms with van der Waals surface area (Å²) in [5.74, 6) is 0. The minimum absolute atomic E-state index is 1.00. The molecule has 3 heteroatoms. The van der Waals surface area contributed by atoms with Gasteiger partial charge in [-0.3, -0.25) is 4.98 Å². The summed E-state index contributed by atoms with van der Waals surface area (Å²) in [7, 11) is 0. The van der Waals surface area contributed by atoms with Crippen LogP contribution in [0.25, 0.3) is 22.3 Å². The van der Waals surface area contributed by atoms with Crippen molar-refractivity contribution >= 4 is 22.4 Å². The van der Waals surface area contributed by atoms with Crippen molar-refractivity contribution in [3.8, 4) is 11.3 Å². The van der Waals surface area contributed by atoms with Crippen LogP contribution in [0.3, 0.4) is 0 Å². The van der Waals surface area contributed by atoms with E-state index in [9.17, 15) is 0 Å². The Morgan fingerprint density at radius 3 is 3.18 bits per heavy atom. The van der Waals surface area contributed by atoms with Gasteiger partial charge in [0.05, 0.1) is 16.7 Å². The quantitative estimate of drug-likeness (QED) is 0.468. The lowest BCUT2D eigenvalue weighted by molar-refractivity contribution is 1.21. The number of aromatic nitrogens is 2.